The molecule has 0 fully saturated rings. The topological polar surface area (TPSA) is 52.6 Å². The maximum Gasteiger partial charge on any atom is 0.586 e. The van der Waals surface area contributed by atoms with Crippen molar-refractivity contribution in [1.29, 1.82) is 0 Å². The van der Waals surface area contributed by atoms with Crippen LogP contribution in [0.5, 0.6) is 11.5 Å². The molecule has 118 valence electrons. The van der Waals surface area contributed by atoms with Gasteiger partial charge in [0.05, 0.1) is 4.47 Å². The number of carbonyl (C=O) groups is 2. The molecule has 1 aliphatic heterocycles. The Kier molecular flexibility index (Phi) is 3.63. The molecule has 0 radical (unpaired) electrons. The van der Waals surface area contributed by atoms with Crippen molar-refractivity contribution in [2.75, 3.05) is 0 Å². The van der Waals surface area contributed by atoms with Crippen LogP contribution in [0.25, 0.3) is 0 Å². The molecular formula is C15H6BrF3O4. The van der Waals surface area contributed by atoms with E-state index in [1.165, 1.54) is 6.07 Å². The molecule has 8 heteroatoms. The summed E-state index contributed by atoms with van der Waals surface area (Å²) >= 11 is 2.91. The highest BCUT2D eigenvalue weighted by Crippen LogP contribution is 2.41. The zero-order valence-electron chi connectivity index (χ0n) is 11.1. The highest BCUT2D eigenvalue weighted by atomic mass is 79.9. The van der Waals surface area contributed by atoms with Gasteiger partial charge in [0.15, 0.2) is 11.5 Å². The molecule has 0 saturated heterocycles. The van der Waals surface area contributed by atoms with Crippen molar-refractivity contribution in [3.05, 3.63) is 57.8 Å². The Hall–Kier alpha value is -2.35. The largest absolute Gasteiger partial charge is 0.586 e. The zero-order chi connectivity index (χ0) is 16.8. The van der Waals surface area contributed by atoms with Crippen molar-refractivity contribution in [1.82, 2.24) is 0 Å². The van der Waals surface area contributed by atoms with Crippen LogP contribution >= 0.6 is 15.9 Å². The molecule has 0 N–H and O–H groups in total. The van der Waals surface area contributed by atoms with Gasteiger partial charge in [-0.05, 0) is 52.3 Å². The SMILES string of the molecule is O=C(C(=O)c1ccc2c(c1)OC(F)(F)O2)c1ccc(F)c(Br)c1. The third-order valence-electron chi connectivity index (χ3n) is 3.05. The number of ketones is 2. The highest BCUT2D eigenvalue weighted by molar-refractivity contribution is 9.10. The molecule has 0 atom stereocenters. The second kappa shape index (κ2) is 5.38. The fourth-order valence-electron chi connectivity index (χ4n) is 1.99. The molecule has 0 amide bonds. The molecule has 3 rings (SSSR count). The van der Waals surface area contributed by atoms with E-state index in [0.717, 1.165) is 30.3 Å². The zero-order valence-corrected chi connectivity index (χ0v) is 12.7. The standard InChI is InChI=1S/C15H6BrF3O4/c16-9-5-7(1-3-10(9)17)13(20)14(21)8-2-4-11-12(6-8)23-15(18,19)22-11/h1-6H. The number of alkyl halides is 2. The summed E-state index contributed by atoms with van der Waals surface area (Å²) < 4.78 is 47.5. The van der Waals surface area contributed by atoms with Gasteiger partial charge in [-0.3, -0.25) is 9.59 Å². The lowest BCUT2D eigenvalue weighted by atomic mass is 10.0. The lowest BCUT2D eigenvalue weighted by Gasteiger charge is -2.04. The second-order valence-corrected chi connectivity index (χ2v) is 5.47. The number of carbonyl (C=O) groups excluding carboxylic acids is 2. The predicted octanol–water partition coefficient (Wildman–Crippen LogP) is 3.98. The number of halogens is 4. The average molecular weight is 387 g/mol. The molecule has 2 aromatic rings. The second-order valence-electron chi connectivity index (χ2n) is 4.62. The first-order valence-corrected chi connectivity index (χ1v) is 7.00. The lowest BCUT2D eigenvalue weighted by molar-refractivity contribution is -0.286. The maximum absolute atomic E-state index is 13.2. The third kappa shape index (κ3) is 2.94. The summed E-state index contributed by atoms with van der Waals surface area (Å²) in [5, 5.41) is 0. The monoisotopic (exact) mass is 386 g/mol. The van der Waals surface area contributed by atoms with Crippen LogP contribution in [0.1, 0.15) is 20.7 Å². The van der Waals surface area contributed by atoms with Gasteiger partial charge in [0.1, 0.15) is 5.82 Å². The fourth-order valence-corrected chi connectivity index (χ4v) is 2.37. The first-order valence-electron chi connectivity index (χ1n) is 6.21. The van der Waals surface area contributed by atoms with Crippen LogP contribution in [0.4, 0.5) is 13.2 Å². The number of ether oxygens (including phenoxy) is 2. The van der Waals surface area contributed by atoms with Gasteiger partial charge < -0.3 is 9.47 Å². The molecule has 1 heterocycles. The van der Waals surface area contributed by atoms with Gasteiger partial charge >= 0.3 is 6.29 Å². The smallest absolute Gasteiger partial charge is 0.395 e. The van der Waals surface area contributed by atoms with Gasteiger partial charge in [0, 0.05) is 11.1 Å². The maximum atomic E-state index is 13.2. The molecule has 0 saturated carbocycles. The number of benzene rings is 2. The minimum atomic E-state index is -3.81. The van der Waals surface area contributed by atoms with Crippen molar-refractivity contribution in [3.8, 4) is 11.5 Å². The van der Waals surface area contributed by atoms with Gasteiger partial charge in [-0.2, -0.15) is 0 Å². The van der Waals surface area contributed by atoms with Crippen molar-refractivity contribution < 1.29 is 32.2 Å². The molecule has 0 unspecified atom stereocenters. The first-order chi connectivity index (χ1) is 10.8. The summed E-state index contributed by atoms with van der Waals surface area (Å²) in [4.78, 5) is 24.3. The Balaban J connectivity index is 1.89. The number of Topliss-reactive ketones (excluding diaryl/α,β-unsaturated/α-hetero) is 2. The normalized spacial score (nSPS) is 14.6. The van der Waals surface area contributed by atoms with Crippen LogP contribution in [0.15, 0.2) is 40.9 Å². The first kappa shape index (κ1) is 15.5. The van der Waals surface area contributed by atoms with Crippen molar-refractivity contribution >= 4 is 27.5 Å². The van der Waals surface area contributed by atoms with Crippen LogP contribution in [-0.4, -0.2) is 17.9 Å². The molecule has 23 heavy (non-hydrogen) atoms. The summed E-state index contributed by atoms with van der Waals surface area (Å²) in [7, 11) is 0. The van der Waals surface area contributed by atoms with Gasteiger partial charge in [0.25, 0.3) is 0 Å². The van der Waals surface area contributed by atoms with E-state index in [4.69, 9.17) is 0 Å². The minimum Gasteiger partial charge on any atom is -0.395 e. The van der Waals surface area contributed by atoms with Gasteiger partial charge in [-0.1, -0.05) is 0 Å². The summed E-state index contributed by atoms with van der Waals surface area (Å²) in [6.07, 6.45) is -3.81. The van der Waals surface area contributed by atoms with Gasteiger partial charge in [-0.25, -0.2) is 4.39 Å². The van der Waals surface area contributed by atoms with E-state index < -0.39 is 23.7 Å². The van der Waals surface area contributed by atoms with Crippen LogP contribution < -0.4 is 9.47 Å². The summed E-state index contributed by atoms with van der Waals surface area (Å²) in [6.45, 7) is 0. The van der Waals surface area contributed by atoms with Crippen LogP contribution in [0.3, 0.4) is 0 Å². The van der Waals surface area contributed by atoms with Crippen LogP contribution in [0, 0.1) is 5.82 Å². The Morgan fingerprint density at radius 3 is 2.13 bits per heavy atom. The Labute approximate surface area is 135 Å². The summed E-state index contributed by atoms with van der Waals surface area (Å²) in [5.41, 5.74) is -0.179. The molecule has 0 spiro atoms. The van der Waals surface area contributed by atoms with Crippen molar-refractivity contribution in [3.63, 3.8) is 0 Å². The lowest BCUT2D eigenvalue weighted by Crippen LogP contribution is -2.25. The fraction of sp³-hybridized carbons (Fsp3) is 0.0667. The third-order valence-corrected chi connectivity index (χ3v) is 3.66. The van der Waals surface area contributed by atoms with Gasteiger partial charge in [0.2, 0.25) is 11.6 Å². The van der Waals surface area contributed by atoms with Crippen molar-refractivity contribution in [2.45, 2.75) is 6.29 Å². The Morgan fingerprint density at radius 1 is 0.913 bits per heavy atom. The average Bonchev–Trinajstić information content (AvgIpc) is 2.81. The predicted molar refractivity (Wildman–Crippen MR) is 75.4 cm³/mol. The quantitative estimate of drug-likeness (QED) is 0.591. The molecule has 0 aromatic heterocycles. The van der Waals surface area contributed by atoms with Crippen LogP contribution in [-0.2, 0) is 0 Å². The van der Waals surface area contributed by atoms with E-state index in [2.05, 4.69) is 25.4 Å². The number of hydrogen-bond acceptors (Lipinski definition) is 4. The molecule has 0 bridgehead atoms. The van der Waals surface area contributed by atoms with E-state index in [1.807, 2.05) is 0 Å². The highest BCUT2D eigenvalue weighted by Gasteiger charge is 2.43. The summed E-state index contributed by atoms with van der Waals surface area (Å²) in [5.74, 6) is -3.00. The van der Waals surface area contributed by atoms with E-state index in [1.54, 1.807) is 0 Å². The number of hydrogen-bond donors (Lipinski definition) is 0. The van der Waals surface area contributed by atoms with E-state index in [9.17, 15) is 22.8 Å². The van der Waals surface area contributed by atoms with E-state index in [0.29, 0.717) is 0 Å². The molecule has 0 aliphatic carbocycles. The van der Waals surface area contributed by atoms with Gasteiger partial charge in [-0.15, -0.1) is 8.78 Å². The molecule has 2 aromatic carbocycles. The summed E-state index contributed by atoms with van der Waals surface area (Å²) in [6, 6.07) is 6.62. The molecular weight excluding hydrogens is 381 g/mol. The molecule has 1 aliphatic rings. The van der Waals surface area contributed by atoms with E-state index in [-0.39, 0.29) is 27.1 Å². The number of fused-ring (bicyclic) bond motifs is 1. The number of rotatable bonds is 3. The Morgan fingerprint density at radius 2 is 1.48 bits per heavy atom. The van der Waals surface area contributed by atoms with Crippen molar-refractivity contribution in [2.24, 2.45) is 0 Å². The van der Waals surface area contributed by atoms with E-state index >= 15 is 0 Å². The molecule has 4 nitrogen and oxygen atoms in total. The minimum absolute atomic E-state index is 0.0291. The van der Waals surface area contributed by atoms with Crippen LogP contribution in [0.2, 0.25) is 0 Å². The Bertz CT molecular complexity index is 835.